The Morgan fingerprint density at radius 2 is 1.73 bits per heavy atom. The van der Waals surface area contributed by atoms with E-state index in [4.69, 9.17) is 4.74 Å². The van der Waals surface area contributed by atoms with Gasteiger partial charge in [0.2, 0.25) is 5.95 Å². The number of benzene rings is 2. The second-order valence-electron chi connectivity index (χ2n) is 7.35. The molecule has 0 atom stereocenters. The van der Waals surface area contributed by atoms with Gasteiger partial charge in [0.15, 0.2) is 0 Å². The maximum Gasteiger partial charge on any atom is 0.573 e. The van der Waals surface area contributed by atoms with E-state index < -0.39 is 6.36 Å². The Morgan fingerprint density at radius 1 is 0.970 bits per heavy atom. The van der Waals surface area contributed by atoms with E-state index in [0.717, 1.165) is 18.0 Å². The van der Waals surface area contributed by atoms with Crippen LogP contribution in [0.3, 0.4) is 0 Å². The van der Waals surface area contributed by atoms with Crippen LogP contribution in [0.5, 0.6) is 11.5 Å². The summed E-state index contributed by atoms with van der Waals surface area (Å²) in [5.41, 5.74) is 1.68. The molecule has 0 aliphatic carbocycles. The second-order valence-corrected chi connectivity index (χ2v) is 7.35. The van der Waals surface area contributed by atoms with Crippen molar-refractivity contribution in [3.05, 3.63) is 54.6 Å². The molecule has 3 rings (SSSR count). The summed E-state index contributed by atoms with van der Waals surface area (Å²) in [4.78, 5) is 11.0. The van der Waals surface area contributed by atoms with Gasteiger partial charge in [-0.2, -0.15) is 4.98 Å². The highest BCUT2D eigenvalue weighted by atomic mass is 19.4. The third-order valence-electron chi connectivity index (χ3n) is 4.37. The van der Waals surface area contributed by atoms with Crippen molar-refractivity contribution in [2.24, 2.45) is 0 Å². The van der Waals surface area contributed by atoms with Crippen molar-refractivity contribution in [2.75, 3.05) is 44.4 Å². The van der Waals surface area contributed by atoms with Crippen molar-refractivity contribution in [1.82, 2.24) is 14.9 Å². The highest BCUT2D eigenvalue weighted by molar-refractivity contribution is 5.68. The first kappa shape index (κ1) is 24.1. The van der Waals surface area contributed by atoms with Crippen molar-refractivity contribution in [1.29, 1.82) is 0 Å². The second kappa shape index (κ2) is 10.9. The fraction of sp³-hybridized carbons (Fsp3) is 0.304. The van der Waals surface area contributed by atoms with Crippen LogP contribution in [0.4, 0.5) is 30.6 Å². The number of alkyl halides is 3. The van der Waals surface area contributed by atoms with Crippen LogP contribution in [0.1, 0.15) is 6.92 Å². The van der Waals surface area contributed by atoms with Crippen LogP contribution in [0, 0.1) is 0 Å². The number of hydrogen-bond donors (Lipinski definition) is 2. The van der Waals surface area contributed by atoms with Crippen molar-refractivity contribution >= 4 is 17.5 Å². The molecule has 176 valence electrons. The first-order valence-corrected chi connectivity index (χ1v) is 10.4. The topological polar surface area (TPSA) is 71.5 Å². The quantitative estimate of drug-likeness (QED) is 0.432. The predicted molar refractivity (Wildman–Crippen MR) is 122 cm³/mol. The zero-order chi connectivity index (χ0) is 23.8. The van der Waals surface area contributed by atoms with E-state index in [0.29, 0.717) is 36.2 Å². The standard InChI is InChI=1S/C23H26F3N5O2/c1-4-32-18-10-8-17(9-11-18)28-21-15-20(29-22(30-21)27-12-13-31(2)3)16-6-5-7-19(14-16)33-23(24,25)26/h5-11,14-15H,4,12-13H2,1-3H3,(H2,27,28,29,30). The van der Waals surface area contributed by atoms with E-state index in [1.165, 1.54) is 18.2 Å². The Morgan fingerprint density at radius 3 is 2.39 bits per heavy atom. The monoisotopic (exact) mass is 461 g/mol. The smallest absolute Gasteiger partial charge is 0.494 e. The number of hydrogen-bond acceptors (Lipinski definition) is 7. The molecule has 3 aromatic rings. The Hall–Kier alpha value is -3.53. The third kappa shape index (κ3) is 7.83. The van der Waals surface area contributed by atoms with E-state index in [9.17, 15) is 13.2 Å². The largest absolute Gasteiger partial charge is 0.573 e. The fourth-order valence-electron chi connectivity index (χ4n) is 2.93. The lowest BCUT2D eigenvalue weighted by Crippen LogP contribution is -2.21. The summed E-state index contributed by atoms with van der Waals surface area (Å²) in [5.74, 6) is 1.27. The number of nitrogens with one attached hydrogen (secondary N) is 2. The van der Waals surface area contributed by atoms with Crippen molar-refractivity contribution in [2.45, 2.75) is 13.3 Å². The van der Waals surface area contributed by atoms with Crippen LogP contribution < -0.4 is 20.1 Å². The van der Waals surface area contributed by atoms with Gasteiger partial charge in [0.25, 0.3) is 0 Å². The van der Waals surface area contributed by atoms with E-state index >= 15 is 0 Å². The van der Waals surface area contributed by atoms with Gasteiger partial charge in [-0.15, -0.1) is 13.2 Å². The van der Waals surface area contributed by atoms with Crippen molar-refractivity contribution in [3.63, 3.8) is 0 Å². The number of ether oxygens (including phenoxy) is 2. The molecule has 33 heavy (non-hydrogen) atoms. The van der Waals surface area contributed by atoms with Crippen LogP contribution in [0.2, 0.25) is 0 Å². The van der Waals surface area contributed by atoms with E-state index in [2.05, 4.69) is 25.3 Å². The van der Waals surface area contributed by atoms with Crippen LogP contribution in [-0.4, -0.2) is 55.0 Å². The summed E-state index contributed by atoms with van der Waals surface area (Å²) < 4.78 is 47.4. The Kier molecular flexibility index (Phi) is 7.94. The molecule has 1 aromatic heterocycles. The highest BCUT2D eigenvalue weighted by Crippen LogP contribution is 2.29. The molecule has 0 bridgehead atoms. The normalized spacial score (nSPS) is 11.4. The molecule has 0 aliphatic rings. The van der Waals surface area contributed by atoms with E-state index in [-0.39, 0.29) is 5.75 Å². The van der Waals surface area contributed by atoms with E-state index in [1.54, 1.807) is 12.1 Å². The minimum absolute atomic E-state index is 0.318. The van der Waals surface area contributed by atoms with Crippen LogP contribution in [-0.2, 0) is 0 Å². The average Bonchev–Trinajstić information content (AvgIpc) is 2.74. The van der Waals surface area contributed by atoms with Gasteiger partial charge in [0.1, 0.15) is 17.3 Å². The van der Waals surface area contributed by atoms with Crippen molar-refractivity contribution in [3.8, 4) is 22.8 Å². The maximum atomic E-state index is 12.6. The summed E-state index contributed by atoms with van der Waals surface area (Å²) in [6.07, 6.45) is -4.77. The summed E-state index contributed by atoms with van der Waals surface area (Å²) in [6, 6.07) is 14.7. The van der Waals surface area contributed by atoms with Crippen LogP contribution >= 0.6 is 0 Å². The SMILES string of the molecule is CCOc1ccc(Nc2cc(-c3cccc(OC(F)(F)F)c3)nc(NCCN(C)C)n2)cc1. The molecule has 0 fully saturated rings. The molecule has 0 saturated carbocycles. The number of likely N-dealkylation sites (N-methyl/N-ethyl adjacent to an activating group) is 1. The average molecular weight is 461 g/mol. The lowest BCUT2D eigenvalue weighted by atomic mass is 10.1. The Labute approximate surface area is 190 Å². The number of nitrogens with zero attached hydrogens (tertiary/aromatic N) is 3. The number of aromatic nitrogens is 2. The molecule has 0 aliphatic heterocycles. The number of halogens is 3. The minimum atomic E-state index is -4.77. The van der Waals surface area contributed by atoms with Gasteiger partial charge in [-0.25, -0.2) is 4.98 Å². The fourth-order valence-corrected chi connectivity index (χ4v) is 2.93. The predicted octanol–water partition coefficient (Wildman–Crippen LogP) is 5.16. The lowest BCUT2D eigenvalue weighted by molar-refractivity contribution is -0.274. The minimum Gasteiger partial charge on any atom is -0.494 e. The van der Waals surface area contributed by atoms with Gasteiger partial charge in [0, 0.05) is 30.4 Å². The van der Waals surface area contributed by atoms with Crippen molar-refractivity contribution < 1.29 is 22.6 Å². The van der Waals surface area contributed by atoms with Gasteiger partial charge in [-0.05, 0) is 57.4 Å². The van der Waals surface area contributed by atoms with Gasteiger partial charge in [-0.3, -0.25) is 0 Å². The zero-order valence-electron chi connectivity index (χ0n) is 18.6. The molecule has 10 heteroatoms. The molecule has 0 spiro atoms. The Balaban J connectivity index is 1.89. The Bertz CT molecular complexity index is 1040. The molecule has 1 heterocycles. The highest BCUT2D eigenvalue weighted by Gasteiger charge is 2.31. The zero-order valence-corrected chi connectivity index (χ0v) is 18.6. The first-order valence-electron chi connectivity index (χ1n) is 10.4. The lowest BCUT2D eigenvalue weighted by Gasteiger charge is -2.14. The number of rotatable bonds is 10. The molecular weight excluding hydrogens is 435 g/mol. The summed E-state index contributed by atoms with van der Waals surface area (Å²) in [5, 5.41) is 6.36. The third-order valence-corrected chi connectivity index (χ3v) is 4.37. The summed E-state index contributed by atoms with van der Waals surface area (Å²) >= 11 is 0. The van der Waals surface area contributed by atoms with Crippen LogP contribution in [0.25, 0.3) is 11.3 Å². The summed E-state index contributed by atoms with van der Waals surface area (Å²) in [6.45, 7) is 3.83. The molecule has 0 amide bonds. The van der Waals surface area contributed by atoms with Gasteiger partial charge < -0.3 is 25.0 Å². The molecule has 0 unspecified atom stereocenters. The van der Waals surface area contributed by atoms with Gasteiger partial charge in [0.05, 0.1) is 12.3 Å². The molecule has 2 N–H and O–H groups in total. The summed E-state index contributed by atoms with van der Waals surface area (Å²) in [7, 11) is 3.90. The molecular formula is C23H26F3N5O2. The molecule has 0 saturated heterocycles. The molecule has 2 aromatic carbocycles. The number of anilines is 3. The maximum absolute atomic E-state index is 12.6. The van der Waals surface area contributed by atoms with Gasteiger partial charge >= 0.3 is 6.36 Å². The van der Waals surface area contributed by atoms with E-state index in [1.807, 2.05) is 50.2 Å². The van der Waals surface area contributed by atoms with Gasteiger partial charge in [-0.1, -0.05) is 12.1 Å². The molecule has 7 nitrogen and oxygen atoms in total. The van der Waals surface area contributed by atoms with Crippen LogP contribution in [0.15, 0.2) is 54.6 Å². The molecule has 0 radical (unpaired) electrons. The first-order chi connectivity index (χ1) is 15.7.